The van der Waals surface area contributed by atoms with Crippen LogP contribution in [-0.4, -0.2) is 59.1 Å². The molecule has 4 nitrogen and oxygen atoms in total. The number of likely N-dealkylation sites (tertiary alicyclic amines) is 1. The summed E-state index contributed by atoms with van der Waals surface area (Å²) in [4.78, 5) is 16.4. The molecule has 0 aromatic rings. The van der Waals surface area contributed by atoms with E-state index in [1.54, 1.807) is 0 Å². The lowest BCUT2D eigenvalue weighted by atomic mass is 9.88. The minimum absolute atomic E-state index is 0.0673. The number of piperidine rings is 1. The SMILES string of the molecule is CC(C)N(C)C[C@@]1(O)CCCN(CC(C)(C)C)C1=O. The first-order chi connectivity index (χ1) is 8.55. The quantitative estimate of drug-likeness (QED) is 0.846. The van der Waals surface area contributed by atoms with Gasteiger partial charge in [-0.3, -0.25) is 4.79 Å². The molecule has 1 rings (SSSR count). The minimum atomic E-state index is -1.21. The van der Waals surface area contributed by atoms with Gasteiger partial charge >= 0.3 is 0 Å². The number of hydrogen-bond acceptors (Lipinski definition) is 3. The second-order valence-corrected chi connectivity index (χ2v) is 7.43. The molecule has 0 aromatic heterocycles. The molecule has 1 saturated heterocycles. The third kappa shape index (κ3) is 4.46. The Labute approximate surface area is 117 Å². The highest BCUT2D eigenvalue weighted by atomic mass is 16.3. The Morgan fingerprint density at radius 1 is 1.42 bits per heavy atom. The Balaban J connectivity index is 2.76. The molecule has 1 amide bonds. The van der Waals surface area contributed by atoms with Crippen LogP contribution < -0.4 is 0 Å². The van der Waals surface area contributed by atoms with Crippen molar-refractivity contribution in [2.45, 2.75) is 59.1 Å². The number of hydrogen-bond donors (Lipinski definition) is 1. The van der Waals surface area contributed by atoms with Crippen LogP contribution in [0.2, 0.25) is 0 Å². The number of rotatable bonds is 4. The summed E-state index contributed by atoms with van der Waals surface area (Å²) >= 11 is 0. The van der Waals surface area contributed by atoms with E-state index in [0.717, 1.165) is 13.0 Å². The van der Waals surface area contributed by atoms with Gasteiger partial charge in [-0.15, -0.1) is 0 Å². The third-order valence-corrected chi connectivity index (χ3v) is 3.76. The van der Waals surface area contributed by atoms with Gasteiger partial charge in [-0.2, -0.15) is 0 Å². The van der Waals surface area contributed by atoms with Gasteiger partial charge in [0.15, 0.2) is 5.60 Å². The van der Waals surface area contributed by atoms with Crippen molar-refractivity contribution in [3.8, 4) is 0 Å². The summed E-state index contributed by atoms with van der Waals surface area (Å²) in [5.41, 5.74) is -1.14. The molecule has 0 bridgehead atoms. The van der Waals surface area contributed by atoms with Gasteiger partial charge in [0.25, 0.3) is 5.91 Å². The molecule has 112 valence electrons. The van der Waals surface area contributed by atoms with Gasteiger partial charge in [-0.05, 0) is 39.2 Å². The summed E-state index contributed by atoms with van der Waals surface area (Å²) in [6, 6.07) is 0.329. The monoisotopic (exact) mass is 270 g/mol. The van der Waals surface area contributed by atoms with Gasteiger partial charge in [0.05, 0.1) is 0 Å². The second-order valence-electron chi connectivity index (χ2n) is 7.43. The first kappa shape index (κ1) is 16.4. The van der Waals surface area contributed by atoms with E-state index in [4.69, 9.17) is 0 Å². The van der Waals surface area contributed by atoms with Gasteiger partial charge in [-0.1, -0.05) is 20.8 Å². The molecule has 1 N–H and O–H groups in total. The summed E-state index contributed by atoms with van der Waals surface area (Å²) in [6.07, 6.45) is 1.45. The predicted molar refractivity (Wildman–Crippen MR) is 78.0 cm³/mol. The molecule has 1 aliphatic rings. The third-order valence-electron chi connectivity index (χ3n) is 3.76. The standard InChI is InChI=1S/C15H30N2O2/c1-12(2)16(6)11-15(19)8-7-9-17(13(15)18)10-14(3,4)5/h12,19H,7-11H2,1-6H3/t15-/m0/s1. The maximum Gasteiger partial charge on any atom is 0.255 e. The molecule has 1 atom stereocenters. The summed E-state index contributed by atoms with van der Waals surface area (Å²) in [7, 11) is 1.96. The lowest BCUT2D eigenvalue weighted by molar-refractivity contribution is -0.161. The van der Waals surface area contributed by atoms with Crippen LogP contribution in [0.1, 0.15) is 47.5 Å². The number of aliphatic hydroxyl groups is 1. The van der Waals surface area contributed by atoms with Crippen LogP contribution in [0.5, 0.6) is 0 Å². The zero-order valence-corrected chi connectivity index (χ0v) is 13.4. The van der Waals surface area contributed by atoms with Gasteiger partial charge in [-0.25, -0.2) is 0 Å². The fraction of sp³-hybridized carbons (Fsp3) is 0.933. The average Bonchev–Trinajstić information content (AvgIpc) is 2.23. The number of nitrogens with zero attached hydrogens (tertiary/aromatic N) is 2. The van der Waals surface area contributed by atoms with E-state index in [1.807, 2.05) is 16.8 Å². The van der Waals surface area contributed by atoms with Gasteiger partial charge in [0.2, 0.25) is 0 Å². The maximum absolute atomic E-state index is 12.5. The van der Waals surface area contributed by atoms with E-state index < -0.39 is 5.60 Å². The van der Waals surface area contributed by atoms with Crippen molar-refractivity contribution in [1.29, 1.82) is 0 Å². The van der Waals surface area contributed by atoms with Crippen molar-refractivity contribution in [1.82, 2.24) is 9.80 Å². The van der Waals surface area contributed by atoms with Crippen LogP contribution >= 0.6 is 0 Å². The van der Waals surface area contributed by atoms with E-state index in [0.29, 0.717) is 25.6 Å². The average molecular weight is 270 g/mol. The molecular formula is C15H30N2O2. The molecular weight excluding hydrogens is 240 g/mol. The Morgan fingerprint density at radius 2 is 2.00 bits per heavy atom. The Bertz CT molecular complexity index is 323. The molecule has 0 unspecified atom stereocenters. The van der Waals surface area contributed by atoms with Crippen molar-refractivity contribution < 1.29 is 9.90 Å². The number of carbonyl (C=O) groups excluding carboxylic acids is 1. The largest absolute Gasteiger partial charge is 0.379 e. The molecule has 1 aliphatic heterocycles. The summed E-state index contributed by atoms with van der Waals surface area (Å²) in [6.45, 7) is 12.4. The second kappa shape index (κ2) is 5.80. The van der Waals surface area contributed by atoms with Crippen LogP contribution in [0.15, 0.2) is 0 Å². The van der Waals surface area contributed by atoms with E-state index >= 15 is 0 Å². The van der Waals surface area contributed by atoms with E-state index in [-0.39, 0.29) is 11.3 Å². The lowest BCUT2D eigenvalue weighted by Crippen LogP contribution is -2.59. The van der Waals surface area contributed by atoms with E-state index in [9.17, 15) is 9.90 Å². The predicted octanol–water partition coefficient (Wildman–Crippen LogP) is 1.73. The van der Waals surface area contributed by atoms with Crippen LogP contribution in [0, 0.1) is 5.41 Å². The highest BCUT2D eigenvalue weighted by Gasteiger charge is 2.43. The molecule has 19 heavy (non-hydrogen) atoms. The van der Waals surface area contributed by atoms with Gasteiger partial charge in [0.1, 0.15) is 0 Å². The van der Waals surface area contributed by atoms with Crippen molar-refractivity contribution in [3.63, 3.8) is 0 Å². The van der Waals surface area contributed by atoms with Gasteiger partial charge in [0, 0.05) is 25.7 Å². The van der Waals surface area contributed by atoms with Gasteiger partial charge < -0.3 is 14.9 Å². The smallest absolute Gasteiger partial charge is 0.255 e. The number of likely N-dealkylation sites (N-methyl/N-ethyl adjacent to an activating group) is 1. The topological polar surface area (TPSA) is 43.8 Å². The van der Waals surface area contributed by atoms with Crippen LogP contribution in [0.3, 0.4) is 0 Å². The maximum atomic E-state index is 12.5. The molecule has 1 fully saturated rings. The zero-order chi connectivity index (χ0) is 14.8. The number of amides is 1. The summed E-state index contributed by atoms with van der Waals surface area (Å²) in [5.74, 6) is -0.0961. The highest BCUT2D eigenvalue weighted by Crippen LogP contribution is 2.27. The van der Waals surface area contributed by atoms with Crippen LogP contribution in [0.25, 0.3) is 0 Å². The molecule has 0 saturated carbocycles. The molecule has 4 heteroatoms. The lowest BCUT2D eigenvalue weighted by Gasteiger charge is -2.42. The zero-order valence-electron chi connectivity index (χ0n) is 13.4. The van der Waals surface area contributed by atoms with Crippen LogP contribution in [0.4, 0.5) is 0 Å². The molecule has 0 radical (unpaired) electrons. The first-order valence-electron chi connectivity index (χ1n) is 7.27. The molecule has 0 aromatic carbocycles. The highest BCUT2D eigenvalue weighted by molar-refractivity contribution is 5.86. The first-order valence-corrected chi connectivity index (χ1v) is 7.27. The normalized spacial score (nSPS) is 25.5. The summed E-state index contributed by atoms with van der Waals surface area (Å²) < 4.78 is 0. The molecule has 1 heterocycles. The Morgan fingerprint density at radius 3 is 2.47 bits per heavy atom. The van der Waals surface area contributed by atoms with Crippen molar-refractivity contribution in [3.05, 3.63) is 0 Å². The van der Waals surface area contributed by atoms with Crippen molar-refractivity contribution >= 4 is 5.91 Å². The van der Waals surface area contributed by atoms with Crippen LogP contribution in [-0.2, 0) is 4.79 Å². The molecule has 0 aliphatic carbocycles. The minimum Gasteiger partial charge on any atom is -0.379 e. The van der Waals surface area contributed by atoms with E-state index in [2.05, 4.69) is 34.6 Å². The van der Waals surface area contributed by atoms with Crippen molar-refractivity contribution in [2.75, 3.05) is 26.7 Å². The molecule has 0 spiro atoms. The Hall–Kier alpha value is -0.610. The fourth-order valence-electron chi connectivity index (χ4n) is 2.53. The number of carbonyl (C=O) groups is 1. The Kier molecular flexibility index (Phi) is 5.02. The summed E-state index contributed by atoms with van der Waals surface area (Å²) in [5, 5.41) is 10.7. The fourth-order valence-corrected chi connectivity index (χ4v) is 2.53. The van der Waals surface area contributed by atoms with E-state index in [1.165, 1.54) is 0 Å². The van der Waals surface area contributed by atoms with Crippen molar-refractivity contribution in [2.24, 2.45) is 5.41 Å².